The van der Waals surface area contributed by atoms with Crippen LogP contribution in [0.1, 0.15) is 11.3 Å². The van der Waals surface area contributed by atoms with Gasteiger partial charge in [-0.1, -0.05) is 22.9 Å². The predicted octanol–water partition coefficient (Wildman–Crippen LogP) is 0.852. The number of aryl methyl sites for hydroxylation is 1. The molecule has 1 amide bonds. The Balaban J connectivity index is 1.99. The molecular weight excluding hydrogens is 260 g/mol. The molecule has 2 aromatic rings. The average molecular weight is 274 g/mol. The number of hydrogen-bond acceptors (Lipinski definition) is 4. The Labute approximate surface area is 115 Å². The molecule has 0 radical (unpaired) electrons. The molecule has 104 valence electrons. The standard InChI is InChI=1S/C13H14N4O3/c1-9-2-4-10(5-3-9)15-12(18)8-17-11(6-13(19)20)7-14-16-17/h2-5,7H,6,8H2,1H3,(H,15,18)(H,19,20). The summed E-state index contributed by atoms with van der Waals surface area (Å²) in [7, 11) is 0. The van der Waals surface area contributed by atoms with Gasteiger partial charge in [-0.15, -0.1) is 5.10 Å². The molecule has 0 aliphatic carbocycles. The molecule has 7 heteroatoms. The highest BCUT2D eigenvalue weighted by molar-refractivity contribution is 5.90. The third-order valence-corrected chi connectivity index (χ3v) is 2.66. The molecular formula is C13H14N4O3. The van der Waals surface area contributed by atoms with Gasteiger partial charge in [0, 0.05) is 5.69 Å². The summed E-state index contributed by atoms with van der Waals surface area (Å²) < 4.78 is 1.28. The molecule has 0 aliphatic heterocycles. The van der Waals surface area contributed by atoms with Crippen LogP contribution in [0.25, 0.3) is 0 Å². The first-order chi connectivity index (χ1) is 9.54. The molecule has 20 heavy (non-hydrogen) atoms. The van der Waals surface area contributed by atoms with Gasteiger partial charge in [-0.3, -0.25) is 9.59 Å². The van der Waals surface area contributed by atoms with Gasteiger partial charge < -0.3 is 10.4 Å². The van der Waals surface area contributed by atoms with E-state index in [9.17, 15) is 9.59 Å². The number of amides is 1. The van der Waals surface area contributed by atoms with Crippen molar-refractivity contribution >= 4 is 17.6 Å². The highest BCUT2D eigenvalue weighted by Gasteiger charge is 2.11. The Morgan fingerprint density at radius 2 is 2.00 bits per heavy atom. The summed E-state index contributed by atoms with van der Waals surface area (Å²) in [6.07, 6.45) is 1.12. The van der Waals surface area contributed by atoms with Crippen molar-refractivity contribution in [3.05, 3.63) is 41.7 Å². The van der Waals surface area contributed by atoms with E-state index >= 15 is 0 Å². The van der Waals surface area contributed by atoms with Crippen LogP contribution >= 0.6 is 0 Å². The van der Waals surface area contributed by atoms with Crippen LogP contribution in [0.15, 0.2) is 30.5 Å². The number of carbonyl (C=O) groups is 2. The Morgan fingerprint density at radius 1 is 1.30 bits per heavy atom. The number of rotatable bonds is 5. The lowest BCUT2D eigenvalue weighted by Gasteiger charge is -2.07. The molecule has 2 rings (SSSR count). The van der Waals surface area contributed by atoms with Gasteiger partial charge in [0.1, 0.15) is 6.54 Å². The minimum Gasteiger partial charge on any atom is -0.481 e. The van der Waals surface area contributed by atoms with Crippen LogP contribution in [0.5, 0.6) is 0 Å². The minimum atomic E-state index is -0.993. The van der Waals surface area contributed by atoms with Crippen LogP contribution in [0.2, 0.25) is 0 Å². The van der Waals surface area contributed by atoms with Crippen molar-refractivity contribution in [2.45, 2.75) is 19.9 Å². The summed E-state index contributed by atoms with van der Waals surface area (Å²) in [5.74, 6) is -1.28. The number of nitrogens with zero attached hydrogens (tertiary/aromatic N) is 3. The van der Waals surface area contributed by atoms with Gasteiger partial charge >= 0.3 is 5.97 Å². The zero-order valence-electron chi connectivity index (χ0n) is 10.9. The number of aromatic nitrogens is 3. The van der Waals surface area contributed by atoms with Crippen molar-refractivity contribution in [2.75, 3.05) is 5.32 Å². The molecule has 2 N–H and O–H groups in total. The van der Waals surface area contributed by atoms with E-state index in [1.165, 1.54) is 10.9 Å². The van der Waals surface area contributed by atoms with E-state index in [4.69, 9.17) is 5.11 Å². The second-order valence-electron chi connectivity index (χ2n) is 4.37. The Bertz CT molecular complexity index is 619. The van der Waals surface area contributed by atoms with E-state index in [0.29, 0.717) is 11.4 Å². The van der Waals surface area contributed by atoms with E-state index < -0.39 is 5.97 Å². The second kappa shape index (κ2) is 5.96. The number of benzene rings is 1. The maximum atomic E-state index is 11.9. The molecule has 0 saturated carbocycles. The predicted molar refractivity (Wildman–Crippen MR) is 71.2 cm³/mol. The van der Waals surface area contributed by atoms with Crippen molar-refractivity contribution in [1.29, 1.82) is 0 Å². The molecule has 0 atom stereocenters. The molecule has 0 bridgehead atoms. The summed E-state index contributed by atoms with van der Waals surface area (Å²) >= 11 is 0. The van der Waals surface area contributed by atoms with Crippen molar-refractivity contribution in [1.82, 2.24) is 15.0 Å². The second-order valence-corrected chi connectivity index (χ2v) is 4.37. The zero-order valence-corrected chi connectivity index (χ0v) is 10.9. The number of carboxylic acid groups (broad SMARTS) is 1. The van der Waals surface area contributed by atoms with Crippen molar-refractivity contribution < 1.29 is 14.7 Å². The summed E-state index contributed by atoms with van der Waals surface area (Å²) in [6.45, 7) is 1.88. The van der Waals surface area contributed by atoms with E-state index in [-0.39, 0.29) is 18.9 Å². The number of hydrogen-bond donors (Lipinski definition) is 2. The Morgan fingerprint density at radius 3 is 2.65 bits per heavy atom. The normalized spacial score (nSPS) is 10.2. The molecule has 1 aromatic carbocycles. The van der Waals surface area contributed by atoms with Gasteiger partial charge in [0.05, 0.1) is 18.3 Å². The smallest absolute Gasteiger partial charge is 0.309 e. The summed E-state index contributed by atoms with van der Waals surface area (Å²) in [5.41, 5.74) is 2.17. The zero-order chi connectivity index (χ0) is 14.5. The summed E-state index contributed by atoms with van der Waals surface area (Å²) in [6, 6.07) is 7.38. The topological polar surface area (TPSA) is 97.1 Å². The monoisotopic (exact) mass is 274 g/mol. The van der Waals surface area contributed by atoms with E-state index in [1.54, 1.807) is 12.1 Å². The third-order valence-electron chi connectivity index (χ3n) is 2.66. The molecule has 0 fully saturated rings. The van der Waals surface area contributed by atoms with Crippen LogP contribution in [0, 0.1) is 6.92 Å². The van der Waals surface area contributed by atoms with Gasteiger partial charge in [-0.2, -0.15) is 0 Å². The Hall–Kier alpha value is -2.70. The minimum absolute atomic E-state index is 0.0729. The highest BCUT2D eigenvalue weighted by atomic mass is 16.4. The molecule has 7 nitrogen and oxygen atoms in total. The number of anilines is 1. The van der Waals surface area contributed by atoms with E-state index in [0.717, 1.165) is 5.56 Å². The van der Waals surface area contributed by atoms with Crippen LogP contribution in [0.4, 0.5) is 5.69 Å². The summed E-state index contributed by atoms with van der Waals surface area (Å²) in [4.78, 5) is 22.5. The number of carbonyl (C=O) groups excluding carboxylic acids is 1. The van der Waals surface area contributed by atoms with Crippen LogP contribution in [-0.2, 0) is 22.6 Å². The highest BCUT2D eigenvalue weighted by Crippen LogP contribution is 2.08. The lowest BCUT2D eigenvalue weighted by atomic mass is 10.2. The summed E-state index contributed by atoms with van der Waals surface area (Å²) in [5, 5.41) is 18.8. The number of nitrogens with one attached hydrogen (secondary N) is 1. The first-order valence-corrected chi connectivity index (χ1v) is 6.00. The van der Waals surface area contributed by atoms with Crippen LogP contribution < -0.4 is 5.32 Å². The lowest BCUT2D eigenvalue weighted by molar-refractivity contribution is -0.136. The first-order valence-electron chi connectivity index (χ1n) is 6.00. The lowest BCUT2D eigenvalue weighted by Crippen LogP contribution is -2.21. The fourth-order valence-corrected chi connectivity index (χ4v) is 1.68. The third kappa shape index (κ3) is 3.64. The van der Waals surface area contributed by atoms with Crippen molar-refractivity contribution in [3.8, 4) is 0 Å². The molecule has 1 aromatic heterocycles. The average Bonchev–Trinajstić information content (AvgIpc) is 2.78. The molecule has 0 unspecified atom stereocenters. The number of aliphatic carboxylic acids is 1. The molecule has 1 heterocycles. The van der Waals surface area contributed by atoms with Gasteiger partial charge in [-0.05, 0) is 19.1 Å². The van der Waals surface area contributed by atoms with Gasteiger partial charge in [-0.25, -0.2) is 4.68 Å². The molecule has 0 saturated heterocycles. The molecule has 0 aliphatic rings. The van der Waals surface area contributed by atoms with Gasteiger partial charge in [0.2, 0.25) is 5.91 Å². The molecule has 0 spiro atoms. The fraction of sp³-hybridized carbons (Fsp3) is 0.231. The first kappa shape index (κ1) is 13.7. The van der Waals surface area contributed by atoms with E-state index in [2.05, 4.69) is 15.6 Å². The fourth-order valence-electron chi connectivity index (χ4n) is 1.68. The largest absolute Gasteiger partial charge is 0.481 e. The van der Waals surface area contributed by atoms with Gasteiger partial charge in [0.15, 0.2) is 0 Å². The maximum Gasteiger partial charge on any atom is 0.309 e. The number of carboxylic acids is 1. The maximum absolute atomic E-state index is 11.9. The van der Waals surface area contributed by atoms with Crippen LogP contribution in [0.3, 0.4) is 0 Å². The van der Waals surface area contributed by atoms with E-state index in [1.807, 2.05) is 19.1 Å². The van der Waals surface area contributed by atoms with Crippen molar-refractivity contribution in [2.24, 2.45) is 0 Å². The van der Waals surface area contributed by atoms with Crippen LogP contribution in [-0.4, -0.2) is 32.0 Å². The quantitative estimate of drug-likeness (QED) is 0.842. The SMILES string of the molecule is Cc1ccc(NC(=O)Cn2nncc2CC(=O)O)cc1. The Kier molecular flexibility index (Phi) is 4.09. The van der Waals surface area contributed by atoms with Gasteiger partial charge in [0.25, 0.3) is 0 Å². The van der Waals surface area contributed by atoms with Crippen molar-refractivity contribution in [3.63, 3.8) is 0 Å².